The van der Waals surface area contributed by atoms with Gasteiger partial charge < -0.3 is 39.7 Å². The topological polar surface area (TPSA) is 146 Å². The van der Waals surface area contributed by atoms with Crippen LogP contribution < -0.4 is 4.74 Å². The first-order chi connectivity index (χ1) is 12.4. The van der Waals surface area contributed by atoms with E-state index in [9.17, 15) is 25.2 Å². The van der Waals surface area contributed by atoms with Crippen LogP contribution in [0.4, 0.5) is 0 Å². The minimum atomic E-state index is -1.59. The summed E-state index contributed by atoms with van der Waals surface area (Å²) >= 11 is 0. The van der Waals surface area contributed by atoms with Crippen molar-refractivity contribution in [2.45, 2.75) is 37.6 Å². The zero-order chi connectivity index (χ0) is 19.3. The number of aliphatic hydroxyl groups is 4. The fourth-order valence-electron chi connectivity index (χ4n) is 2.33. The van der Waals surface area contributed by atoms with Crippen LogP contribution in [0, 0.1) is 0 Å². The molecule has 26 heavy (non-hydrogen) atoms. The molecular weight excluding hydrogens is 348 g/mol. The molecule has 0 amide bonds. The molecular formula is C17H22O9. The Labute approximate surface area is 149 Å². The normalized spacial score (nSPS) is 29.3. The standard InChI is InChI=1S/C17H22O9/c1-2-9(7-18)16(23)24-8-12-13(20)14(21)15(22)17(26-12)25-11-5-3-10(19)4-6-11/h2-6,12-15,17-22H,7-8H2,1H3/b9-2+/t12-,13-,14+,15-,17-/m1/s1. The second kappa shape index (κ2) is 8.97. The number of phenolic OH excluding ortho intramolecular Hbond substituents is 1. The molecule has 5 atom stereocenters. The van der Waals surface area contributed by atoms with Crippen molar-refractivity contribution < 1.29 is 44.5 Å². The molecule has 1 aromatic rings. The number of ether oxygens (including phenoxy) is 3. The lowest BCUT2D eigenvalue weighted by molar-refractivity contribution is -0.278. The van der Waals surface area contributed by atoms with Crippen LogP contribution >= 0.6 is 0 Å². The van der Waals surface area contributed by atoms with Gasteiger partial charge >= 0.3 is 5.97 Å². The van der Waals surface area contributed by atoms with Gasteiger partial charge in [0.05, 0.1) is 12.2 Å². The third kappa shape index (κ3) is 4.71. The summed E-state index contributed by atoms with van der Waals surface area (Å²) < 4.78 is 15.8. The van der Waals surface area contributed by atoms with E-state index in [-0.39, 0.29) is 17.1 Å². The zero-order valence-corrected chi connectivity index (χ0v) is 14.1. The average molecular weight is 370 g/mol. The molecule has 1 aliphatic heterocycles. The molecule has 2 rings (SSSR count). The van der Waals surface area contributed by atoms with Gasteiger partial charge in [0.1, 0.15) is 42.5 Å². The molecule has 1 aromatic carbocycles. The average Bonchev–Trinajstić information content (AvgIpc) is 2.64. The second-order valence-electron chi connectivity index (χ2n) is 5.70. The predicted octanol–water partition coefficient (Wildman–Crippen LogP) is -0.940. The summed E-state index contributed by atoms with van der Waals surface area (Å²) in [6.07, 6.45) is -5.75. The highest BCUT2D eigenvalue weighted by molar-refractivity contribution is 5.88. The Balaban J connectivity index is 2.02. The van der Waals surface area contributed by atoms with Gasteiger partial charge in [-0.3, -0.25) is 0 Å². The van der Waals surface area contributed by atoms with E-state index in [1.165, 1.54) is 30.3 Å². The lowest BCUT2D eigenvalue weighted by atomic mass is 9.99. The van der Waals surface area contributed by atoms with E-state index in [1.54, 1.807) is 6.92 Å². The molecule has 144 valence electrons. The van der Waals surface area contributed by atoms with Crippen LogP contribution in [-0.4, -0.2) is 75.4 Å². The molecule has 1 saturated heterocycles. The van der Waals surface area contributed by atoms with Gasteiger partial charge in [-0.25, -0.2) is 4.79 Å². The summed E-state index contributed by atoms with van der Waals surface area (Å²) in [6.45, 7) is 0.633. The fraction of sp³-hybridized carbons (Fsp3) is 0.471. The van der Waals surface area contributed by atoms with Crippen molar-refractivity contribution >= 4 is 5.97 Å². The van der Waals surface area contributed by atoms with Gasteiger partial charge in [-0.1, -0.05) is 6.08 Å². The van der Waals surface area contributed by atoms with E-state index in [4.69, 9.17) is 19.3 Å². The minimum absolute atomic E-state index is 0.0198. The molecule has 0 unspecified atom stereocenters. The SMILES string of the molecule is C/C=C(\CO)C(=O)OC[C@H]1O[C@@H](Oc2ccc(O)cc2)[C@H](O)[C@@H](O)[C@@H]1O. The smallest absolute Gasteiger partial charge is 0.336 e. The van der Waals surface area contributed by atoms with E-state index in [0.717, 1.165) is 0 Å². The van der Waals surface area contributed by atoms with E-state index >= 15 is 0 Å². The Hall–Kier alpha value is -2.17. The number of hydrogen-bond donors (Lipinski definition) is 5. The second-order valence-corrected chi connectivity index (χ2v) is 5.70. The van der Waals surface area contributed by atoms with Crippen LogP contribution in [0.5, 0.6) is 11.5 Å². The molecule has 1 heterocycles. The largest absolute Gasteiger partial charge is 0.508 e. The van der Waals surface area contributed by atoms with E-state index in [0.29, 0.717) is 0 Å². The first-order valence-electron chi connectivity index (χ1n) is 7.96. The van der Waals surface area contributed by atoms with E-state index in [2.05, 4.69) is 0 Å². The van der Waals surface area contributed by atoms with Gasteiger partial charge in [-0.2, -0.15) is 0 Å². The van der Waals surface area contributed by atoms with Gasteiger partial charge in [0.2, 0.25) is 6.29 Å². The number of esters is 1. The van der Waals surface area contributed by atoms with Gasteiger partial charge in [0.25, 0.3) is 0 Å². The Morgan fingerprint density at radius 1 is 1.15 bits per heavy atom. The van der Waals surface area contributed by atoms with Crippen molar-refractivity contribution in [3.8, 4) is 11.5 Å². The highest BCUT2D eigenvalue weighted by Gasteiger charge is 2.45. The van der Waals surface area contributed by atoms with Crippen LogP contribution in [0.25, 0.3) is 0 Å². The summed E-state index contributed by atoms with van der Waals surface area (Å²) in [4.78, 5) is 11.8. The lowest BCUT2D eigenvalue weighted by Gasteiger charge is -2.39. The number of hydrogen-bond acceptors (Lipinski definition) is 9. The molecule has 5 N–H and O–H groups in total. The van der Waals surface area contributed by atoms with E-state index < -0.39 is 49.9 Å². The number of aromatic hydroxyl groups is 1. The number of benzene rings is 1. The first kappa shape index (κ1) is 20.1. The third-order valence-corrected chi connectivity index (χ3v) is 3.92. The zero-order valence-electron chi connectivity index (χ0n) is 14.1. The van der Waals surface area contributed by atoms with E-state index in [1.807, 2.05) is 0 Å². The number of aliphatic hydroxyl groups excluding tert-OH is 4. The Bertz CT molecular complexity index is 628. The minimum Gasteiger partial charge on any atom is -0.508 e. The molecule has 1 aliphatic rings. The predicted molar refractivity (Wildman–Crippen MR) is 87.2 cm³/mol. The Morgan fingerprint density at radius 3 is 2.38 bits per heavy atom. The lowest BCUT2D eigenvalue weighted by Crippen LogP contribution is -2.60. The summed E-state index contributed by atoms with van der Waals surface area (Å²) in [5.74, 6) is -0.517. The molecule has 9 heteroatoms. The number of carbonyl (C=O) groups excluding carboxylic acids is 1. The number of phenols is 1. The summed E-state index contributed by atoms with van der Waals surface area (Å²) in [5.41, 5.74) is 0.0350. The van der Waals surface area contributed by atoms with Gasteiger partial charge in [-0.15, -0.1) is 0 Å². The van der Waals surface area contributed by atoms with Gasteiger partial charge in [0, 0.05) is 0 Å². The summed E-state index contributed by atoms with van der Waals surface area (Å²) in [7, 11) is 0. The quantitative estimate of drug-likeness (QED) is 0.316. The van der Waals surface area contributed by atoms with Crippen LogP contribution in [0.1, 0.15) is 6.92 Å². The maximum atomic E-state index is 11.8. The van der Waals surface area contributed by atoms with Crippen molar-refractivity contribution in [2.75, 3.05) is 13.2 Å². The third-order valence-electron chi connectivity index (χ3n) is 3.92. The van der Waals surface area contributed by atoms with Crippen LogP contribution in [-0.2, 0) is 14.3 Å². The molecule has 0 saturated carbocycles. The van der Waals surface area contributed by atoms with Crippen molar-refractivity contribution in [1.29, 1.82) is 0 Å². The highest BCUT2D eigenvalue weighted by atomic mass is 16.7. The first-order valence-corrected chi connectivity index (χ1v) is 7.96. The molecule has 0 spiro atoms. The number of allylic oxidation sites excluding steroid dienone is 1. The van der Waals surface area contributed by atoms with Crippen molar-refractivity contribution in [3.05, 3.63) is 35.9 Å². The van der Waals surface area contributed by atoms with Gasteiger partial charge in [-0.05, 0) is 31.2 Å². The maximum Gasteiger partial charge on any atom is 0.336 e. The molecule has 0 aromatic heterocycles. The number of rotatable bonds is 6. The summed E-state index contributed by atoms with van der Waals surface area (Å²) in [6, 6.07) is 5.58. The van der Waals surface area contributed by atoms with Crippen molar-refractivity contribution in [3.63, 3.8) is 0 Å². The van der Waals surface area contributed by atoms with Gasteiger partial charge in [0.15, 0.2) is 0 Å². The number of carbonyl (C=O) groups is 1. The molecule has 0 radical (unpaired) electrons. The van der Waals surface area contributed by atoms with Crippen LogP contribution in [0.15, 0.2) is 35.9 Å². The molecule has 0 bridgehead atoms. The van der Waals surface area contributed by atoms with Crippen molar-refractivity contribution in [2.24, 2.45) is 0 Å². The van der Waals surface area contributed by atoms with Crippen LogP contribution in [0.2, 0.25) is 0 Å². The summed E-state index contributed by atoms with van der Waals surface area (Å²) in [5, 5.41) is 48.3. The van der Waals surface area contributed by atoms with Crippen molar-refractivity contribution in [1.82, 2.24) is 0 Å². The highest BCUT2D eigenvalue weighted by Crippen LogP contribution is 2.25. The van der Waals surface area contributed by atoms with Crippen LogP contribution in [0.3, 0.4) is 0 Å². The monoisotopic (exact) mass is 370 g/mol. The molecule has 9 nitrogen and oxygen atoms in total. The maximum absolute atomic E-state index is 11.8. The molecule has 1 fully saturated rings. The fourth-order valence-corrected chi connectivity index (χ4v) is 2.33. The Kier molecular flexibility index (Phi) is 6.95. The molecule has 0 aliphatic carbocycles. The Morgan fingerprint density at radius 2 is 1.81 bits per heavy atom.